The summed E-state index contributed by atoms with van der Waals surface area (Å²) in [6.45, 7) is 2.16. The number of hydrogen-bond donors (Lipinski definition) is 0. The summed E-state index contributed by atoms with van der Waals surface area (Å²) in [5.41, 5.74) is 4.12. The Labute approximate surface area is 99.1 Å². The quantitative estimate of drug-likeness (QED) is 0.754. The van der Waals surface area contributed by atoms with Gasteiger partial charge in [0.05, 0.1) is 0 Å². The first-order valence-corrected chi connectivity index (χ1v) is 5.84. The molecule has 0 atom stereocenters. The molecule has 0 aliphatic carbocycles. The Hall–Kier alpha value is -1.08. The second-order valence-corrected chi connectivity index (χ2v) is 4.65. The molecular weight excluding hydrogens is 248 g/mol. The first kappa shape index (κ1) is 10.4. The lowest BCUT2D eigenvalue weighted by Gasteiger charge is -2.05. The van der Waals surface area contributed by atoms with Gasteiger partial charge in [0, 0.05) is 4.47 Å². The lowest BCUT2D eigenvalue weighted by Crippen LogP contribution is -1.90. The van der Waals surface area contributed by atoms with Crippen molar-refractivity contribution in [2.45, 2.75) is 13.3 Å². The van der Waals surface area contributed by atoms with E-state index in [0.29, 0.717) is 0 Å². The van der Waals surface area contributed by atoms with E-state index in [1.165, 1.54) is 16.7 Å². The molecule has 0 spiro atoms. The molecule has 1 heteroatoms. The van der Waals surface area contributed by atoms with E-state index in [9.17, 15) is 0 Å². The van der Waals surface area contributed by atoms with Gasteiger partial charge in [-0.25, -0.2) is 0 Å². The van der Waals surface area contributed by atoms with Crippen molar-refractivity contribution in [2.24, 2.45) is 0 Å². The zero-order valence-electron chi connectivity index (χ0n) is 8.70. The molecule has 0 aliphatic rings. The molecule has 2 aromatic carbocycles. The van der Waals surface area contributed by atoms with Crippen LogP contribution in [0.1, 0.15) is 16.7 Å². The molecule has 0 amide bonds. The molecule has 0 N–H and O–H groups in total. The van der Waals surface area contributed by atoms with Crippen molar-refractivity contribution in [1.29, 1.82) is 0 Å². The highest BCUT2D eigenvalue weighted by molar-refractivity contribution is 9.10. The van der Waals surface area contributed by atoms with Crippen LogP contribution in [0, 0.1) is 6.92 Å². The highest BCUT2D eigenvalue weighted by Crippen LogP contribution is 2.16. The maximum Gasteiger partial charge on any atom is 0.0175 e. The Balaban J connectivity index is 2.22. The zero-order valence-corrected chi connectivity index (χ0v) is 10.3. The molecule has 0 saturated carbocycles. The van der Waals surface area contributed by atoms with Gasteiger partial charge in [0.2, 0.25) is 0 Å². The summed E-state index contributed by atoms with van der Waals surface area (Å²) >= 11 is 3.45. The van der Waals surface area contributed by atoms with Crippen LogP contribution in [0.3, 0.4) is 0 Å². The van der Waals surface area contributed by atoms with Crippen molar-refractivity contribution >= 4 is 15.9 Å². The first-order valence-electron chi connectivity index (χ1n) is 5.04. The van der Waals surface area contributed by atoms with Gasteiger partial charge >= 0.3 is 0 Å². The van der Waals surface area contributed by atoms with Gasteiger partial charge in [-0.3, -0.25) is 0 Å². The van der Waals surface area contributed by atoms with E-state index in [-0.39, 0.29) is 0 Å². The molecule has 0 unspecified atom stereocenters. The average molecular weight is 261 g/mol. The minimum Gasteiger partial charge on any atom is -0.0620 e. The molecule has 0 radical (unpaired) electrons. The van der Waals surface area contributed by atoms with E-state index in [1.54, 1.807) is 0 Å². The van der Waals surface area contributed by atoms with Crippen LogP contribution in [-0.4, -0.2) is 0 Å². The van der Waals surface area contributed by atoms with E-state index < -0.39 is 0 Å². The van der Waals surface area contributed by atoms with Crippen molar-refractivity contribution < 1.29 is 0 Å². The lowest BCUT2D eigenvalue weighted by atomic mass is 10.0. The molecule has 15 heavy (non-hydrogen) atoms. The third-order valence-electron chi connectivity index (χ3n) is 2.57. The number of benzene rings is 2. The molecule has 2 rings (SSSR count). The van der Waals surface area contributed by atoms with Crippen molar-refractivity contribution in [3.63, 3.8) is 0 Å². The van der Waals surface area contributed by atoms with Gasteiger partial charge in [0.15, 0.2) is 0 Å². The molecule has 0 aliphatic heterocycles. The molecule has 0 nitrogen and oxygen atoms in total. The van der Waals surface area contributed by atoms with Gasteiger partial charge < -0.3 is 0 Å². The summed E-state index contributed by atoms with van der Waals surface area (Å²) in [7, 11) is 0. The summed E-state index contributed by atoms with van der Waals surface area (Å²) in [5.74, 6) is 0. The van der Waals surface area contributed by atoms with E-state index >= 15 is 0 Å². The van der Waals surface area contributed by atoms with Gasteiger partial charge in [-0.05, 0) is 42.2 Å². The smallest absolute Gasteiger partial charge is 0.0175 e. The maximum atomic E-state index is 3.45. The Morgan fingerprint density at radius 2 is 1.60 bits per heavy atom. The summed E-state index contributed by atoms with van der Waals surface area (Å²) in [6, 6.07) is 17.0. The Morgan fingerprint density at radius 3 is 2.27 bits per heavy atom. The highest BCUT2D eigenvalue weighted by atomic mass is 79.9. The average Bonchev–Trinajstić information content (AvgIpc) is 2.25. The standard InChI is InChI=1S/C14H13Br/c1-11-4-2-3-5-13(11)10-12-6-8-14(15)9-7-12/h2-9H,10H2,1H3. The largest absolute Gasteiger partial charge is 0.0620 e. The molecular formula is C14H13Br. The van der Waals surface area contributed by atoms with Crippen LogP contribution < -0.4 is 0 Å². The van der Waals surface area contributed by atoms with Crippen LogP contribution in [0.2, 0.25) is 0 Å². The number of aryl methyl sites for hydroxylation is 1. The van der Waals surface area contributed by atoms with Crippen LogP contribution in [0.15, 0.2) is 53.0 Å². The normalized spacial score (nSPS) is 10.3. The maximum absolute atomic E-state index is 3.45. The molecule has 2 aromatic rings. The van der Waals surface area contributed by atoms with Crippen molar-refractivity contribution in [1.82, 2.24) is 0 Å². The second kappa shape index (κ2) is 4.63. The molecule has 76 valence electrons. The SMILES string of the molecule is Cc1ccccc1Cc1ccc(Br)cc1. The van der Waals surface area contributed by atoms with Gasteiger partial charge in [-0.2, -0.15) is 0 Å². The summed E-state index contributed by atoms with van der Waals surface area (Å²) < 4.78 is 1.14. The fourth-order valence-electron chi connectivity index (χ4n) is 1.63. The van der Waals surface area contributed by atoms with Gasteiger partial charge in [0.1, 0.15) is 0 Å². The van der Waals surface area contributed by atoms with Crippen LogP contribution >= 0.6 is 15.9 Å². The van der Waals surface area contributed by atoms with E-state index in [1.807, 2.05) is 0 Å². The number of hydrogen-bond acceptors (Lipinski definition) is 0. The van der Waals surface area contributed by atoms with Gasteiger partial charge in [-0.15, -0.1) is 0 Å². The molecule has 0 saturated heterocycles. The Bertz CT molecular complexity index is 443. The third-order valence-corrected chi connectivity index (χ3v) is 3.10. The Kier molecular flexibility index (Phi) is 3.22. The number of rotatable bonds is 2. The van der Waals surface area contributed by atoms with Crippen LogP contribution in [0.4, 0.5) is 0 Å². The highest BCUT2D eigenvalue weighted by Gasteiger charge is 1.98. The molecule has 0 aromatic heterocycles. The molecule has 0 bridgehead atoms. The Morgan fingerprint density at radius 1 is 0.933 bits per heavy atom. The minimum atomic E-state index is 1.01. The predicted octanol–water partition coefficient (Wildman–Crippen LogP) is 4.35. The topological polar surface area (TPSA) is 0 Å². The van der Waals surface area contributed by atoms with Crippen molar-refractivity contribution in [2.75, 3.05) is 0 Å². The first-order chi connectivity index (χ1) is 7.25. The van der Waals surface area contributed by atoms with E-state index in [2.05, 4.69) is 71.4 Å². The van der Waals surface area contributed by atoms with Crippen LogP contribution in [-0.2, 0) is 6.42 Å². The predicted molar refractivity (Wildman–Crippen MR) is 68.1 cm³/mol. The monoisotopic (exact) mass is 260 g/mol. The van der Waals surface area contributed by atoms with Gasteiger partial charge in [-0.1, -0.05) is 52.3 Å². The summed E-state index contributed by atoms with van der Waals surface area (Å²) in [4.78, 5) is 0. The van der Waals surface area contributed by atoms with Crippen molar-refractivity contribution in [3.8, 4) is 0 Å². The van der Waals surface area contributed by atoms with E-state index in [4.69, 9.17) is 0 Å². The van der Waals surface area contributed by atoms with Crippen LogP contribution in [0.5, 0.6) is 0 Å². The summed E-state index contributed by atoms with van der Waals surface area (Å²) in [6.07, 6.45) is 1.01. The molecule has 0 heterocycles. The minimum absolute atomic E-state index is 1.01. The fraction of sp³-hybridized carbons (Fsp3) is 0.143. The fourth-order valence-corrected chi connectivity index (χ4v) is 1.89. The zero-order chi connectivity index (χ0) is 10.7. The van der Waals surface area contributed by atoms with E-state index in [0.717, 1.165) is 10.9 Å². The summed E-state index contributed by atoms with van der Waals surface area (Å²) in [5, 5.41) is 0. The lowest BCUT2D eigenvalue weighted by molar-refractivity contribution is 1.15. The number of halogens is 1. The van der Waals surface area contributed by atoms with Crippen LogP contribution in [0.25, 0.3) is 0 Å². The molecule has 0 fully saturated rings. The van der Waals surface area contributed by atoms with Gasteiger partial charge in [0.25, 0.3) is 0 Å². The third kappa shape index (κ3) is 2.69. The van der Waals surface area contributed by atoms with Crippen molar-refractivity contribution in [3.05, 3.63) is 69.7 Å². The second-order valence-electron chi connectivity index (χ2n) is 3.73.